The SMILES string of the molecule is CNC(=O)c1sc(NCc2noc(C)n2)cc1N. The Morgan fingerprint density at radius 3 is 3.00 bits per heavy atom. The highest BCUT2D eigenvalue weighted by molar-refractivity contribution is 7.18. The van der Waals surface area contributed by atoms with Crippen LogP contribution < -0.4 is 16.4 Å². The minimum Gasteiger partial charge on any atom is -0.397 e. The summed E-state index contributed by atoms with van der Waals surface area (Å²) in [5.41, 5.74) is 6.20. The van der Waals surface area contributed by atoms with Crippen molar-refractivity contribution in [2.75, 3.05) is 18.1 Å². The molecular weight excluding hydrogens is 254 g/mol. The third-order valence-corrected chi connectivity index (χ3v) is 3.29. The highest BCUT2D eigenvalue weighted by Gasteiger charge is 2.13. The van der Waals surface area contributed by atoms with Gasteiger partial charge in [0.05, 0.1) is 17.2 Å². The number of nitrogens with two attached hydrogens (primary N) is 1. The van der Waals surface area contributed by atoms with E-state index in [1.165, 1.54) is 11.3 Å². The summed E-state index contributed by atoms with van der Waals surface area (Å²) < 4.78 is 4.85. The molecule has 96 valence electrons. The molecule has 0 aliphatic heterocycles. The lowest BCUT2D eigenvalue weighted by Crippen LogP contribution is -2.17. The molecule has 0 aliphatic carbocycles. The lowest BCUT2D eigenvalue weighted by Gasteiger charge is -1.97. The van der Waals surface area contributed by atoms with Gasteiger partial charge in [-0.15, -0.1) is 11.3 Å². The Balaban J connectivity index is 2.04. The Morgan fingerprint density at radius 2 is 2.39 bits per heavy atom. The Labute approximate surface area is 107 Å². The van der Waals surface area contributed by atoms with E-state index in [4.69, 9.17) is 10.3 Å². The smallest absolute Gasteiger partial charge is 0.263 e. The number of amides is 1. The molecule has 2 rings (SSSR count). The third-order valence-electron chi connectivity index (χ3n) is 2.18. The maximum atomic E-state index is 11.5. The van der Waals surface area contributed by atoms with Crippen molar-refractivity contribution < 1.29 is 9.32 Å². The first-order valence-corrected chi connectivity index (χ1v) is 6.06. The maximum Gasteiger partial charge on any atom is 0.263 e. The zero-order chi connectivity index (χ0) is 13.1. The van der Waals surface area contributed by atoms with Crippen molar-refractivity contribution >= 4 is 27.9 Å². The number of carbonyl (C=O) groups is 1. The van der Waals surface area contributed by atoms with E-state index in [-0.39, 0.29) is 5.91 Å². The Bertz CT molecular complexity index is 562. The Hall–Kier alpha value is -2.09. The second-order valence-electron chi connectivity index (χ2n) is 3.56. The summed E-state index contributed by atoms with van der Waals surface area (Å²) in [6, 6.07) is 1.71. The van der Waals surface area contributed by atoms with Gasteiger partial charge in [-0.3, -0.25) is 4.79 Å². The lowest BCUT2D eigenvalue weighted by atomic mass is 10.4. The van der Waals surface area contributed by atoms with Crippen LogP contribution in [0.3, 0.4) is 0 Å². The Kier molecular flexibility index (Phi) is 3.47. The lowest BCUT2D eigenvalue weighted by molar-refractivity contribution is 0.0968. The summed E-state index contributed by atoms with van der Waals surface area (Å²) >= 11 is 1.28. The number of hydrogen-bond acceptors (Lipinski definition) is 7. The molecule has 2 heterocycles. The fraction of sp³-hybridized carbons (Fsp3) is 0.300. The predicted octanol–water partition coefficient (Wildman–Crippen LogP) is 0.993. The van der Waals surface area contributed by atoms with Gasteiger partial charge in [0.2, 0.25) is 5.89 Å². The summed E-state index contributed by atoms with van der Waals surface area (Å²) in [6.07, 6.45) is 0. The summed E-state index contributed by atoms with van der Waals surface area (Å²) in [5.74, 6) is 0.880. The molecule has 0 unspecified atom stereocenters. The fourth-order valence-corrected chi connectivity index (χ4v) is 2.28. The van der Waals surface area contributed by atoms with Crippen LogP contribution in [0.15, 0.2) is 10.6 Å². The summed E-state index contributed by atoms with van der Waals surface area (Å²) in [7, 11) is 1.57. The van der Waals surface area contributed by atoms with E-state index in [0.717, 1.165) is 5.00 Å². The van der Waals surface area contributed by atoms with Gasteiger partial charge in [0.1, 0.15) is 4.88 Å². The van der Waals surface area contributed by atoms with Crippen LogP contribution in [0.1, 0.15) is 21.4 Å². The van der Waals surface area contributed by atoms with Gasteiger partial charge in [-0.25, -0.2) is 0 Å². The minimum absolute atomic E-state index is 0.194. The molecule has 0 saturated heterocycles. The average Bonchev–Trinajstić information content (AvgIpc) is 2.92. The molecule has 0 radical (unpaired) electrons. The van der Waals surface area contributed by atoms with E-state index in [1.807, 2.05) is 0 Å². The van der Waals surface area contributed by atoms with E-state index in [9.17, 15) is 4.79 Å². The molecule has 0 bridgehead atoms. The second kappa shape index (κ2) is 5.05. The van der Waals surface area contributed by atoms with Crippen LogP contribution >= 0.6 is 11.3 Å². The van der Waals surface area contributed by atoms with E-state index in [1.54, 1.807) is 20.0 Å². The maximum absolute atomic E-state index is 11.5. The van der Waals surface area contributed by atoms with Crippen molar-refractivity contribution in [2.45, 2.75) is 13.5 Å². The predicted molar refractivity (Wildman–Crippen MR) is 68.5 cm³/mol. The molecule has 7 nitrogen and oxygen atoms in total. The van der Waals surface area contributed by atoms with Gasteiger partial charge in [-0.05, 0) is 6.07 Å². The third kappa shape index (κ3) is 2.59. The van der Waals surface area contributed by atoms with Gasteiger partial charge < -0.3 is 20.9 Å². The zero-order valence-corrected chi connectivity index (χ0v) is 10.8. The van der Waals surface area contributed by atoms with Crippen LogP contribution in [0, 0.1) is 6.92 Å². The summed E-state index contributed by atoms with van der Waals surface area (Å²) in [6.45, 7) is 2.15. The van der Waals surface area contributed by atoms with Crippen molar-refractivity contribution in [3.8, 4) is 0 Å². The standard InChI is InChI=1S/C10H13N5O2S/c1-5-14-7(15-17-5)4-13-8-3-6(11)9(18-8)10(16)12-2/h3,13H,4,11H2,1-2H3,(H,12,16). The Morgan fingerprint density at radius 1 is 1.61 bits per heavy atom. The van der Waals surface area contributed by atoms with Gasteiger partial charge in [0, 0.05) is 14.0 Å². The van der Waals surface area contributed by atoms with Crippen LogP contribution in [0.4, 0.5) is 10.7 Å². The molecule has 2 aromatic heterocycles. The summed E-state index contributed by atoms with van der Waals surface area (Å²) in [4.78, 5) is 16.0. The average molecular weight is 267 g/mol. The number of aryl methyl sites for hydroxylation is 1. The zero-order valence-electron chi connectivity index (χ0n) is 9.98. The molecule has 0 saturated carbocycles. The number of nitrogens with one attached hydrogen (secondary N) is 2. The molecule has 18 heavy (non-hydrogen) atoms. The van der Waals surface area contributed by atoms with Gasteiger partial charge in [-0.1, -0.05) is 5.16 Å². The largest absolute Gasteiger partial charge is 0.397 e. The fourth-order valence-electron chi connectivity index (χ4n) is 1.36. The number of anilines is 2. The van der Waals surface area contributed by atoms with E-state index < -0.39 is 0 Å². The quantitative estimate of drug-likeness (QED) is 0.763. The molecule has 2 aromatic rings. The van der Waals surface area contributed by atoms with Crippen molar-refractivity contribution in [1.29, 1.82) is 0 Å². The number of nitrogen functional groups attached to an aromatic ring is 1. The number of hydrogen-bond donors (Lipinski definition) is 3. The first-order chi connectivity index (χ1) is 8.60. The topological polar surface area (TPSA) is 106 Å². The van der Waals surface area contributed by atoms with Crippen molar-refractivity contribution in [3.63, 3.8) is 0 Å². The highest BCUT2D eigenvalue weighted by atomic mass is 32.1. The summed E-state index contributed by atoms with van der Waals surface area (Å²) in [5, 5.41) is 10.2. The van der Waals surface area contributed by atoms with Gasteiger partial charge >= 0.3 is 0 Å². The first-order valence-electron chi connectivity index (χ1n) is 5.24. The number of thiophene rings is 1. The second-order valence-corrected chi connectivity index (χ2v) is 4.61. The highest BCUT2D eigenvalue weighted by Crippen LogP contribution is 2.29. The van der Waals surface area contributed by atoms with Crippen LogP contribution in [-0.2, 0) is 6.54 Å². The molecule has 0 fully saturated rings. The molecule has 1 amide bonds. The normalized spacial score (nSPS) is 10.3. The van der Waals surface area contributed by atoms with Gasteiger partial charge in [0.25, 0.3) is 5.91 Å². The molecular formula is C10H13N5O2S. The van der Waals surface area contributed by atoms with Gasteiger partial charge in [-0.2, -0.15) is 4.98 Å². The van der Waals surface area contributed by atoms with E-state index >= 15 is 0 Å². The molecule has 0 spiro atoms. The molecule has 0 aromatic carbocycles. The van der Waals surface area contributed by atoms with E-state index in [2.05, 4.69) is 20.8 Å². The van der Waals surface area contributed by atoms with E-state index in [0.29, 0.717) is 28.8 Å². The number of carbonyl (C=O) groups excluding carboxylic acids is 1. The minimum atomic E-state index is -0.194. The van der Waals surface area contributed by atoms with Crippen LogP contribution in [0.5, 0.6) is 0 Å². The van der Waals surface area contributed by atoms with Gasteiger partial charge in [0.15, 0.2) is 5.82 Å². The van der Waals surface area contributed by atoms with Crippen LogP contribution in [-0.4, -0.2) is 23.1 Å². The van der Waals surface area contributed by atoms with Crippen molar-refractivity contribution in [1.82, 2.24) is 15.5 Å². The molecule has 0 aliphatic rings. The van der Waals surface area contributed by atoms with Crippen LogP contribution in [0.25, 0.3) is 0 Å². The first kappa shape index (κ1) is 12.4. The number of aromatic nitrogens is 2. The number of nitrogens with zero attached hydrogens (tertiary/aromatic N) is 2. The molecule has 4 N–H and O–H groups in total. The monoisotopic (exact) mass is 267 g/mol. The van der Waals surface area contributed by atoms with Crippen molar-refractivity contribution in [2.24, 2.45) is 0 Å². The number of rotatable bonds is 4. The van der Waals surface area contributed by atoms with Crippen molar-refractivity contribution in [3.05, 3.63) is 22.7 Å². The molecule has 8 heteroatoms. The molecule has 0 atom stereocenters. The van der Waals surface area contributed by atoms with Crippen LogP contribution in [0.2, 0.25) is 0 Å².